The van der Waals surface area contributed by atoms with Gasteiger partial charge in [0.15, 0.2) is 0 Å². The van der Waals surface area contributed by atoms with Crippen molar-refractivity contribution in [2.24, 2.45) is 0 Å². The van der Waals surface area contributed by atoms with Gasteiger partial charge in [-0.05, 0) is 37.0 Å². The third-order valence-electron chi connectivity index (χ3n) is 4.46. The van der Waals surface area contributed by atoms with E-state index >= 15 is 0 Å². The van der Waals surface area contributed by atoms with Crippen LogP contribution in [0.25, 0.3) is 11.6 Å². The van der Waals surface area contributed by atoms with Crippen molar-refractivity contribution in [3.8, 4) is 11.6 Å². The van der Waals surface area contributed by atoms with Crippen LogP contribution in [0.2, 0.25) is 0 Å². The molecular formula is C21H23N3O4. The quantitative estimate of drug-likeness (QED) is 0.510. The lowest BCUT2D eigenvalue weighted by Crippen LogP contribution is -2.01. The fraction of sp³-hybridized carbons (Fsp3) is 0.333. The predicted molar refractivity (Wildman–Crippen MR) is 103 cm³/mol. The molecule has 146 valence electrons. The van der Waals surface area contributed by atoms with Crippen molar-refractivity contribution in [1.82, 2.24) is 15.1 Å². The molecule has 0 saturated heterocycles. The second-order valence-corrected chi connectivity index (χ2v) is 6.63. The van der Waals surface area contributed by atoms with E-state index in [9.17, 15) is 9.90 Å². The number of benzene rings is 1. The summed E-state index contributed by atoms with van der Waals surface area (Å²) in [5, 5.41) is 23.1. The molecule has 2 heterocycles. The summed E-state index contributed by atoms with van der Waals surface area (Å²) < 4.78 is 5.12. The smallest absolute Gasteiger partial charge is 0.354 e. The average Bonchev–Trinajstić information content (AvgIpc) is 3.22. The zero-order chi connectivity index (χ0) is 19.8. The number of nitrogens with zero attached hydrogens (tertiary/aromatic N) is 3. The number of aliphatic hydroxyl groups is 1. The molecule has 0 radical (unpaired) electrons. The second kappa shape index (κ2) is 9.75. The first-order chi connectivity index (χ1) is 13.6. The van der Waals surface area contributed by atoms with E-state index in [4.69, 9.17) is 9.63 Å². The SMILES string of the molecule is O=C(O)c1cccc(-c2nc(C(O)CCCCCCc3ccccc3)no2)n1. The van der Waals surface area contributed by atoms with Gasteiger partial charge < -0.3 is 14.7 Å². The fourth-order valence-electron chi connectivity index (χ4n) is 2.94. The summed E-state index contributed by atoms with van der Waals surface area (Å²) in [5.74, 6) is -0.837. The van der Waals surface area contributed by atoms with Gasteiger partial charge in [-0.3, -0.25) is 0 Å². The second-order valence-electron chi connectivity index (χ2n) is 6.63. The van der Waals surface area contributed by atoms with Crippen LogP contribution in [0.5, 0.6) is 0 Å². The molecule has 1 atom stereocenters. The number of aromatic nitrogens is 3. The van der Waals surface area contributed by atoms with Gasteiger partial charge in [-0.15, -0.1) is 0 Å². The Morgan fingerprint density at radius 2 is 1.75 bits per heavy atom. The summed E-state index contributed by atoms with van der Waals surface area (Å²) in [6.07, 6.45) is 4.92. The molecule has 0 bridgehead atoms. The van der Waals surface area contributed by atoms with Crippen molar-refractivity contribution >= 4 is 5.97 Å². The minimum atomic E-state index is -1.13. The zero-order valence-corrected chi connectivity index (χ0v) is 15.5. The van der Waals surface area contributed by atoms with Crippen molar-refractivity contribution in [2.75, 3.05) is 0 Å². The molecule has 0 aliphatic heterocycles. The monoisotopic (exact) mass is 381 g/mol. The highest BCUT2D eigenvalue weighted by molar-refractivity contribution is 5.85. The Morgan fingerprint density at radius 3 is 2.54 bits per heavy atom. The molecule has 0 fully saturated rings. The number of carboxylic acids is 1. The van der Waals surface area contributed by atoms with Crippen molar-refractivity contribution in [2.45, 2.75) is 44.6 Å². The Balaban J connectivity index is 1.43. The number of carbonyl (C=O) groups is 1. The molecule has 0 amide bonds. The number of aromatic carboxylic acids is 1. The number of carboxylic acid groups (broad SMARTS) is 1. The molecule has 3 aromatic rings. The molecule has 1 unspecified atom stereocenters. The number of hydrogen-bond acceptors (Lipinski definition) is 6. The Labute approximate surface area is 163 Å². The van der Waals surface area contributed by atoms with Crippen LogP contribution in [-0.2, 0) is 6.42 Å². The van der Waals surface area contributed by atoms with Crippen LogP contribution in [0.1, 0.15) is 60.1 Å². The Kier molecular flexibility index (Phi) is 6.86. The molecule has 0 aliphatic rings. The Hall–Kier alpha value is -3.06. The normalized spacial score (nSPS) is 12.0. The van der Waals surface area contributed by atoms with Crippen molar-refractivity contribution < 1.29 is 19.5 Å². The molecule has 2 aromatic heterocycles. The van der Waals surface area contributed by atoms with E-state index in [1.54, 1.807) is 12.1 Å². The molecule has 1 aromatic carbocycles. The molecule has 3 rings (SSSR count). The third kappa shape index (κ3) is 5.47. The number of rotatable bonds is 10. The molecule has 0 spiro atoms. The average molecular weight is 381 g/mol. The fourth-order valence-corrected chi connectivity index (χ4v) is 2.94. The van der Waals surface area contributed by atoms with Crippen LogP contribution < -0.4 is 0 Å². The Bertz CT molecular complexity index is 895. The van der Waals surface area contributed by atoms with E-state index in [1.807, 2.05) is 6.07 Å². The topological polar surface area (TPSA) is 109 Å². The van der Waals surface area contributed by atoms with E-state index < -0.39 is 12.1 Å². The first kappa shape index (κ1) is 19.7. The van der Waals surface area contributed by atoms with Crippen LogP contribution in [0.15, 0.2) is 53.1 Å². The van der Waals surface area contributed by atoms with Gasteiger partial charge in [-0.1, -0.05) is 60.8 Å². The van der Waals surface area contributed by atoms with Gasteiger partial charge in [0, 0.05) is 0 Å². The lowest BCUT2D eigenvalue weighted by atomic mass is 10.0. The summed E-state index contributed by atoms with van der Waals surface area (Å²) >= 11 is 0. The number of unbranched alkanes of at least 4 members (excludes halogenated alkanes) is 3. The molecule has 0 aliphatic carbocycles. The summed E-state index contributed by atoms with van der Waals surface area (Å²) in [6, 6.07) is 14.9. The molecule has 28 heavy (non-hydrogen) atoms. The largest absolute Gasteiger partial charge is 0.477 e. The number of pyridine rings is 1. The maximum atomic E-state index is 11.0. The van der Waals surface area contributed by atoms with Gasteiger partial charge in [0.05, 0.1) is 0 Å². The highest BCUT2D eigenvalue weighted by Crippen LogP contribution is 2.21. The van der Waals surface area contributed by atoms with E-state index in [0.29, 0.717) is 6.42 Å². The van der Waals surface area contributed by atoms with Crippen LogP contribution in [-0.4, -0.2) is 31.3 Å². The number of aryl methyl sites for hydroxylation is 1. The van der Waals surface area contributed by atoms with Gasteiger partial charge in [0.25, 0.3) is 5.89 Å². The summed E-state index contributed by atoms with van der Waals surface area (Å²) in [4.78, 5) is 19.1. The van der Waals surface area contributed by atoms with E-state index in [1.165, 1.54) is 11.6 Å². The molecule has 7 nitrogen and oxygen atoms in total. The zero-order valence-electron chi connectivity index (χ0n) is 15.5. The maximum Gasteiger partial charge on any atom is 0.354 e. The molecular weight excluding hydrogens is 358 g/mol. The van der Waals surface area contributed by atoms with E-state index in [2.05, 4.69) is 39.4 Å². The van der Waals surface area contributed by atoms with Crippen LogP contribution >= 0.6 is 0 Å². The summed E-state index contributed by atoms with van der Waals surface area (Å²) in [7, 11) is 0. The molecule has 0 saturated carbocycles. The van der Waals surface area contributed by atoms with Crippen molar-refractivity contribution in [3.63, 3.8) is 0 Å². The lowest BCUT2D eigenvalue weighted by Gasteiger charge is -2.06. The van der Waals surface area contributed by atoms with Gasteiger partial charge in [0.2, 0.25) is 5.82 Å². The third-order valence-corrected chi connectivity index (χ3v) is 4.46. The van der Waals surface area contributed by atoms with Gasteiger partial charge in [0.1, 0.15) is 17.5 Å². The van der Waals surface area contributed by atoms with E-state index in [-0.39, 0.29) is 23.1 Å². The van der Waals surface area contributed by atoms with Gasteiger partial charge in [-0.2, -0.15) is 4.98 Å². The molecule has 7 heteroatoms. The van der Waals surface area contributed by atoms with Gasteiger partial charge >= 0.3 is 5.97 Å². The van der Waals surface area contributed by atoms with Gasteiger partial charge in [-0.25, -0.2) is 9.78 Å². The summed E-state index contributed by atoms with van der Waals surface area (Å²) in [5.41, 5.74) is 1.52. The van der Waals surface area contributed by atoms with Crippen molar-refractivity contribution in [3.05, 3.63) is 65.6 Å². The minimum absolute atomic E-state index is 0.0972. The first-order valence-electron chi connectivity index (χ1n) is 9.40. The van der Waals surface area contributed by atoms with Crippen LogP contribution in [0.4, 0.5) is 0 Å². The molecule has 2 N–H and O–H groups in total. The highest BCUT2D eigenvalue weighted by Gasteiger charge is 2.18. The standard InChI is InChI=1S/C21H23N3O4/c25-18(14-7-2-1-4-9-15-10-5-3-6-11-15)19-23-20(28-24-19)16-12-8-13-17(22-16)21(26)27/h3,5-6,8,10-13,18,25H,1-2,4,7,9,14H2,(H,26,27). The van der Waals surface area contributed by atoms with Crippen LogP contribution in [0, 0.1) is 0 Å². The van der Waals surface area contributed by atoms with Crippen molar-refractivity contribution in [1.29, 1.82) is 0 Å². The summed E-state index contributed by atoms with van der Waals surface area (Å²) in [6.45, 7) is 0. The highest BCUT2D eigenvalue weighted by atomic mass is 16.5. The van der Waals surface area contributed by atoms with E-state index in [0.717, 1.165) is 32.1 Å². The minimum Gasteiger partial charge on any atom is -0.477 e. The Morgan fingerprint density at radius 1 is 0.964 bits per heavy atom. The number of hydrogen-bond donors (Lipinski definition) is 2. The number of aliphatic hydroxyl groups excluding tert-OH is 1. The lowest BCUT2D eigenvalue weighted by molar-refractivity contribution is 0.0690. The maximum absolute atomic E-state index is 11.0. The van der Waals surface area contributed by atoms with Crippen LogP contribution in [0.3, 0.4) is 0 Å². The predicted octanol–water partition coefficient (Wildman–Crippen LogP) is 4.06. The first-order valence-corrected chi connectivity index (χ1v) is 9.40.